The van der Waals surface area contributed by atoms with Crippen LogP contribution in [0, 0.1) is 17.8 Å². The maximum atomic E-state index is 12.7. The van der Waals surface area contributed by atoms with Gasteiger partial charge in [-0.15, -0.1) is 10.2 Å². The number of hydrogen-bond acceptors (Lipinski definition) is 3. The number of anilines is 1. The summed E-state index contributed by atoms with van der Waals surface area (Å²) in [4.78, 5) is 14.4. The quantitative estimate of drug-likeness (QED) is 0.871. The Labute approximate surface area is 136 Å². The van der Waals surface area contributed by atoms with E-state index in [-0.39, 0.29) is 11.8 Å². The second-order valence-corrected chi connectivity index (χ2v) is 6.68. The summed E-state index contributed by atoms with van der Waals surface area (Å²) in [7, 11) is 1.82. The van der Waals surface area contributed by atoms with E-state index in [9.17, 15) is 4.79 Å². The number of carbonyl (C=O) groups excluding carboxylic acids is 1. The normalized spacial score (nSPS) is 25.5. The lowest BCUT2D eigenvalue weighted by molar-refractivity contribution is -0.120. The minimum absolute atomic E-state index is 0.212. The number of benzene rings is 1. The van der Waals surface area contributed by atoms with Gasteiger partial charge in [0, 0.05) is 18.5 Å². The van der Waals surface area contributed by atoms with E-state index in [0.29, 0.717) is 17.7 Å². The van der Waals surface area contributed by atoms with Crippen molar-refractivity contribution in [2.24, 2.45) is 17.8 Å². The number of hydrogen-bond donors (Lipinski definition) is 0. The highest BCUT2D eigenvalue weighted by Gasteiger charge is 2.55. The number of fused-ring (bicyclic) bond motifs is 1. The lowest BCUT2D eigenvalue weighted by Crippen LogP contribution is -2.29. The molecule has 2 saturated carbocycles. The van der Waals surface area contributed by atoms with Gasteiger partial charge in [0.1, 0.15) is 0 Å². The van der Waals surface area contributed by atoms with Crippen molar-refractivity contribution < 1.29 is 4.79 Å². The van der Waals surface area contributed by atoms with Crippen LogP contribution in [0.1, 0.15) is 25.7 Å². The van der Waals surface area contributed by atoms with Crippen molar-refractivity contribution in [2.45, 2.75) is 25.7 Å². The maximum absolute atomic E-state index is 12.7. The summed E-state index contributed by atoms with van der Waals surface area (Å²) in [6.07, 6.45) is 4.99. The molecule has 118 valence electrons. The Morgan fingerprint density at radius 3 is 2.30 bits per heavy atom. The highest BCUT2D eigenvalue weighted by atomic mass is 16.2. The molecule has 1 heterocycles. The van der Waals surface area contributed by atoms with Crippen LogP contribution in [-0.2, 0) is 4.79 Å². The van der Waals surface area contributed by atoms with Crippen LogP contribution in [-0.4, -0.2) is 23.2 Å². The summed E-state index contributed by atoms with van der Waals surface area (Å²) in [5.74, 6) is 2.31. The van der Waals surface area contributed by atoms with Gasteiger partial charge in [0.15, 0.2) is 5.82 Å². The summed E-state index contributed by atoms with van der Waals surface area (Å²) < 4.78 is 0. The fraction of sp³-hybridized carbons (Fsp3) is 0.421. The zero-order valence-corrected chi connectivity index (χ0v) is 13.4. The molecular formula is C19H21N3O. The summed E-state index contributed by atoms with van der Waals surface area (Å²) in [6, 6.07) is 13.8. The van der Waals surface area contributed by atoms with Crippen molar-refractivity contribution in [1.29, 1.82) is 0 Å². The van der Waals surface area contributed by atoms with Crippen LogP contribution in [0.4, 0.5) is 5.82 Å². The van der Waals surface area contributed by atoms with Crippen molar-refractivity contribution in [3.8, 4) is 11.3 Å². The number of rotatable bonds is 3. The molecule has 0 saturated heterocycles. The first kappa shape index (κ1) is 14.4. The Kier molecular flexibility index (Phi) is 3.60. The zero-order chi connectivity index (χ0) is 15.8. The number of nitrogens with zero attached hydrogens (tertiary/aromatic N) is 3. The first-order valence-electron chi connectivity index (χ1n) is 8.42. The predicted molar refractivity (Wildman–Crippen MR) is 89.8 cm³/mol. The van der Waals surface area contributed by atoms with Gasteiger partial charge in [-0.05, 0) is 36.8 Å². The Morgan fingerprint density at radius 2 is 1.70 bits per heavy atom. The van der Waals surface area contributed by atoms with Gasteiger partial charge in [-0.2, -0.15) is 0 Å². The van der Waals surface area contributed by atoms with Crippen LogP contribution >= 0.6 is 0 Å². The van der Waals surface area contributed by atoms with Crippen molar-refractivity contribution in [1.82, 2.24) is 10.2 Å². The minimum atomic E-state index is 0.212. The van der Waals surface area contributed by atoms with E-state index in [0.717, 1.165) is 11.3 Å². The molecule has 1 aromatic carbocycles. The van der Waals surface area contributed by atoms with Gasteiger partial charge in [-0.1, -0.05) is 43.2 Å². The lowest BCUT2D eigenvalue weighted by atomic mass is 10.0. The molecule has 2 aliphatic carbocycles. The van der Waals surface area contributed by atoms with E-state index in [2.05, 4.69) is 10.2 Å². The average molecular weight is 307 g/mol. The molecule has 4 nitrogen and oxygen atoms in total. The SMILES string of the molecule is CN(C(=O)C1[C@@H]2CCCC[C@@H]12)c1ccc(-c2ccccc2)nn1. The van der Waals surface area contributed by atoms with Gasteiger partial charge < -0.3 is 0 Å². The van der Waals surface area contributed by atoms with E-state index < -0.39 is 0 Å². The van der Waals surface area contributed by atoms with Gasteiger partial charge in [0.05, 0.1) is 5.69 Å². The maximum Gasteiger partial charge on any atom is 0.231 e. The molecule has 2 aliphatic rings. The van der Waals surface area contributed by atoms with E-state index in [4.69, 9.17) is 0 Å². The summed E-state index contributed by atoms with van der Waals surface area (Å²) >= 11 is 0. The third-order valence-corrected chi connectivity index (χ3v) is 5.34. The van der Waals surface area contributed by atoms with Crippen LogP contribution in [0.25, 0.3) is 11.3 Å². The largest absolute Gasteiger partial charge is 0.298 e. The first-order chi connectivity index (χ1) is 11.3. The molecule has 2 aromatic rings. The Hall–Kier alpha value is -2.23. The van der Waals surface area contributed by atoms with Crippen LogP contribution in [0.3, 0.4) is 0 Å². The molecule has 4 rings (SSSR count). The zero-order valence-electron chi connectivity index (χ0n) is 13.4. The van der Waals surface area contributed by atoms with Gasteiger partial charge in [-0.3, -0.25) is 9.69 Å². The van der Waals surface area contributed by atoms with Crippen molar-refractivity contribution in [3.05, 3.63) is 42.5 Å². The third kappa shape index (κ3) is 2.62. The second-order valence-electron chi connectivity index (χ2n) is 6.68. The van der Waals surface area contributed by atoms with E-state index >= 15 is 0 Å². The van der Waals surface area contributed by atoms with Gasteiger partial charge in [-0.25, -0.2) is 0 Å². The van der Waals surface area contributed by atoms with Gasteiger partial charge in [0.25, 0.3) is 0 Å². The minimum Gasteiger partial charge on any atom is -0.298 e. The van der Waals surface area contributed by atoms with E-state index in [1.807, 2.05) is 49.5 Å². The average Bonchev–Trinajstić information content (AvgIpc) is 3.36. The lowest BCUT2D eigenvalue weighted by Gasteiger charge is -2.16. The molecular weight excluding hydrogens is 286 g/mol. The molecule has 0 radical (unpaired) electrons. The molecule has 0 spiro atoms. The molecule has 2 atom stereocenters. The predicted octanol–water partition coefficient (Wildman–Crippen LogP) is 3.54. The van der Waals surface area contributed by atoms with Crippen LogP contribution in [0.15, 0.2) is 42.5 Å². The molecule has 1 amide bonds. The smallest absolute Gasteiger partial charge is 0.231 e. The van der Waals surface area contributed by atoms with Crippen molar-refractivity contribution in [3.63, 3.8) is 0 Å². The van der Waals surface area contributed by atoms with Gasteiger partial charge >= 0.3 is 0 Å². The van der Waals surface area contributed by atoms with Crippen LogP contribution in [0.5, 0.6) is 0 Å². The molecule has 4 heteroatoms. The highest BCUT2D eigenvalue weighted by Crippen LogP contribution is 2.56. The standard InChI is InChI=1S/C19H21N3O/c1-22(19(23)18-14-9-5-6-10-15(14)18)17-12-11-16(20-21-17)13-7-3-2-4-8-13/h2-4,7-8,11-12,14-15,18H,5-6,9-10H2,1H3/t14-,15-/m1/s1. The second kappa shape index (κ2) is 5.76. The fourth-order valence-corrected chi connectivity index (χ4v) is 3.96. The fourth-order valence-electron chi connectivity index (χ4n) is 3.96. The van der Waals surface area contributed by atoms with Crippen LogP contribution < -0.4 is 4.90 Å². The van der Waals surface area contributed by atoms with E-state index in [1.165, 1.54) is 25.7 Å². The molecule has 0 unspecified atom stereocenters. The Morgan fingerprint density at radius 1 is 1.00 bits per heavy atom. The molecule has 23 heavy (non-hydrogen) atoms. The monoisotopic (exact) mass is 307 g/mol. The van der Waals surface area contributed by atoms with E-state index in [1.54, 1.807) is 4.90 Å². The summed E-state index contributed by atoms with van der Waals surface area (Å²) in [5, 5.41) is 8.54. The molecule has 0 bridgehead atoms. The highest BCUT2D eigenvalue weighted by molar-refractivity contribution is 5.96. The van der Waals surface area contributed by atoms with Gasteiger partial charge in [0.2, 0.25) is 5.91 Å². The van der Waals surface area contributed by atoms with Crippen LogP contribution in [0.2, 0.25) is 0 Å². The molecule has 1 aromatic heterocycles. The third-order valence-electron chi connectivity index (χ3n) is 5.34. The Bertz CT molecular complexity index is 686. The van der Waals surface area contributed by atoms with Crippen molar-refractivity contribution in [2.75, 3.05) is 11.9 Å². The Balaban J connectivity index is 1.48. The van der Waals surface area contributed by atoms with Crippen molar-refractivity contribution >= 4 is 11.7 Å². The topological polar surface area (TPSA) is 46.1 Å². The first-order valence-corrected chi connectivity index (χ1v) is 8.42. The number of aromatic nitrogens is 2. The molecule has 2 fully saturated rings. The molecule has 0 N–H and O–H groups in total. The summed E-state index contributed by atoms with van der Waals surface area (Å²) in [6.45, 7) is 0. The summed E-state index contributed by atoms with van der Waals surface area (Å²) in [5.41, 5.74) is 1.86. The number of carbonyl (C=O) groups is 1. The molecule has 0 aliphatic heterocycles. The number of amides is 1.